The van der Waals surface area contributed by atoms with Crippen molar-refractivity contribution in [2.24, 2.45) is 0 Å². The molecule has 3 rings (SSSR count). The normalized spacial score (nSPS) is 17.1. The number of ketones is 1. The van der Waals surface area contributed by atoms with E-state index in [0.29, 0.717) is 30.1 Å². The Morgan fingerprint density at radius 1 is 1.03 bits per heavy atom. The maximum atomic E-state index is 13.3. The van der Waals surface area contributed by atoms with Gasteiger partial charge in [0, 0.05) is 18.2 Å². The Kier molecular flexibility index (Phi) is 9.11. The van der Waals surface area contributed by atoms with Gasteiger partial charge in [0.15, 0.2) is 11.5 Å². The first-order chi connectivity index (χ1) is 17.1. The zero-order chi connectivity index (χ0) is 26.6. The highest BCUT2D eigenvalue weighted by Gasteiger charge is 2.46. The SMILES string of the molecule is COc1ccc(C2/C(=C(\O)c3cc(Cl)cc(Cl)c3OC)C(=O)C(=O)N2CCCOC(C)C)cc1OC. The molecule has 0 spiro atoms. The second-order valence-electron chi connectivity index (χ2n) is 8.35. The molecule has 1 saturated heterocycles. The van der Waals surface area contributed by atoms with E-state index in [9.17, 15) is 14.7 Å². The van der Waals surface area contributed by atoms with Gasteiger partial charge in [-0.2, -0.15) is 0 Å². The van der Waals surface area contributed by atoms with Crippen LogP contribution in [0, 0.1) is 0 Å². The molecular weight excluding hydrogens is 509 g/mol. The Balaban J connectivity index is 2.19. The van der Waals surface area contributed by atoms with E-state index in [-0.39, 0.29) is 39.6 Å². The molecule has 1 fully saturated rings. The van der Waals surface area contributed by atoms with E-state index in [0.717, 1.165) is 0 Å². The maximum absolute atomic E-state index is 13.3. The molecule has 0 bridgehead atoms. The molecule has 2 aromatic rings. The first-order valence-electron chi connectivity index (χ1n) is 11.3. The van der Waals surface area contributed by atoms with Crippen molar-refractivity contribution in [2.45, 2.75) is 32.4 Å². The molecule has 1 atom stereocenters. The van der Waals surface area contributed by atoms with Crippen molar-refractivity contribution in [1.29, 1.82) is 0 Å². The molecule has 1 aliphatic rings. The second-order valence-corrected chi connectivity index (χ2v) is 9.19. The lowest BCUT2D eigenvalue weighted by Gasteiger charge is -2.26. The largest absolute Gasteiger partial charge is 0.507 e. The van der Waals surface area contributed by atoms with Gasteiger partial charge in [0.25, 0.3) is 11.7 Å². The van der Waals surface area contributed by atoms with Gasteiger partial charge in [-0.15, -0.1) is 0 Å². The highest BCUT2D eigenvalue weighted by Crippen LogP contribution is 2.44. The minimum absolute atomic E-state index is 0.0297. The summed E-state index contributed by atoms with van der Waals surface area (Å²) in [7, 11) is 4.37. The van der Waals surface area contributed by atoms with E-state index >= 15 is 0 Å². The molecule has 0 aromatic heterocycles. The van der Waals surface area contributed by atoms with Gasteiger partial charge in [-0.3, -0.25) is 9.59 Å². The van der Waals surface area contributed by atoms with Crippen LogP contribution in [0.2, 0.25) is 10.0 Å². The minimum atomic E-state index is -0.911. The summed E-state index contributed by atoms with van der Waals surface area (Å²) in [5, 5.41) is 11.8. The number of amides is 1. The highest BCUT2D eigenvalue weighted by atomic mass is 35.5. The lowest BCUT2D eigenvalue weighted by Crippen LogP contribution is -2.31. The molecule has 1 heterocycles. The number of aliphatic hydroxyl groups is 1. The van der Waals surface area contributed by atoms with Gasteiger partial charge in [-0.05, 0) is 50.1 Å². The third-order valence-electron chi connectivity index (χ3n) is 5.73. The summed E-state index contributed by atoms with van der Waals surface area (Å²) in [5.41, 5.74) is 0.528. The summed E-state index contributed by atoms with van der Waals surface area (Å²) < 4.78 is 21.7. The predicted octanol–water partition coefficient (Wildman–Crippen LogP) is 5.26. The van der Waals surface area contributed by atoms with Gasteiger partial charge in [0.2, 0.25) is 0 Å². The van der Waals surface area contributed by atoms with Crippen LogP contribution in [-0.2, 0) is 14.3 Å². The number of likely N-dealkylation sites (tertiary alicyclic amines) is 1. The number of Topliss-reactive ketones (excluding diaryl/α,β-unsaturated/α-hetero) is 1. The lowest BCUT2D eigenvalue weighted by molar-refractivity contribution is -0.140. The number of ether oxygens (including phenoxy) is 4. The number of hydrogen-bond donors (Lipinski definition) is 1. The Hall–Kier alpha value is -2.94. The van der Waals surface area contributed by atoms with Crippen molar-refractivity contribution in [3.8, 4) is 17.2 Å². The number of carbonyl (C=O) groups excluding carboxylic acids is 2. The van der Waals surface area contributed by atoms with Crippen molar-refractivity contribution in [3.05, 3.63) is 57.1 Å². The Morgan fingerprint density at radius 3 is 2.33 bits per heavy atom. The molecule has 0 aliphatic carbocycles. The first-order valence-corrected chi connectivity index (χ1v) is 12.1. The highest BCUT2D eigenvalue weighted by molar-refractivity contribution is 6.46. The third-order valence-corrected chi connectivity index (χ3v) is 6.22. The molecule has 1 N–H and O–H groups in total. The Morgan fingerprint density at radius 2 is 1.72 bits per heavy atom. The van der Waals surface area contributed by atoms with Crippen molar-refractivity contribution >= 4 is 40.7 Å². The Labute approximate surface area is 220 Å². The smallest absolute Gasteiger partial charge is 0.295 e. The minimum Gasteiger partial charge on any atom is -0.507 e. The number of nitrogens with zero attached hydrogens (tertiary/aromatic N) is 1. The summed E-state index contributed by atoms with van der Waals surface area (Å²) in [4.78, 5) is 27.9. The van der Waals surface area contributed by atoms with Crippen molar-refractivity contribution in [1.82, 2.24) is 4.90 Å². The number of rotatable bonds is 10. The number of aliphatic hydroxyl groups excluding tert-OH is 1. The molecule has 1 aliphatic heterocycles. The molecule has 1 unspecified atom stereocenters. The zero-order valence-electron chi connectivity index (χ0n) is 20.8. The average Bonchev–Trinajstić information content (AvgIpc) is 3.10. The monoisotopic (exact) mass is 537 g/mol. The van der Waals surface area contributed by atoms with Gasteiger partial charge >= 0.3 is 0 Å². The van der Waals surface area contributed by atoms with Crippen molar-refractivity contribution in [2.75, 3.05) is 34.5 Å². The van der Waals surface area contributed by atoms with Crippen LogP contribution in [0.3, 0.4) is 0 Å². The Bertz CT molecular complexity index is 1180. The molecule has 8 nitrogen and oxygen atoms in total. The van der Waals surface area contributed by atoms with Gasteiger partial charge in [0.1, 0.15) is 11.5 Å². The number of methoxy groups -OCH3 is 3. The molecule has 1 amide bonds. The van der Waals surface area contributed by atoms with Gasteiger partial charge < -0.3 is 29.0 Å². The quantitative estimate of drug-likeness (QED) is 0.191. The van der Waals surface area contributed by atoms with Crippen LogP contribution < -0.4 is 14.2 Å². The predicted molar refractivity (Wildman–Crippen MR) is 137 cm³/mol. The molecule has 0 saturated carbocycles. The fourth-order valence-electron chi connectivity index (χ4n) is 4.12. The molecule has 10 heteroatoms. The van der Waals surface area contributed by atoms with Crippen LogP contribution >= 0.6 is 23.2 Å². The lowest BCUT2D eigenvalue weighted by atomic mass is 9.94. The van der Waals surface area contributed by atoms with E-state index in [2.05, 4.69) is 0 Å². The van der Waals surface area contributed by atoms with Crippen molar-refractivity contribution < 1.29 is 33.6 Å². The van der Waals surface area contributed by atoms with Crippen LogP contribution in [0.1, 0.15) is 37.4 Å². The summed E-state index contributed by atoms with van der Waals surface area (Å²) in [6.45, 7) is 4.45. The number of halogens is 2. The summed E-state index contributed by atoms with van der Waals surface area (Å²) >= 11 is 12.4. The van der Waals surface area contributed by atoms with E-state index in [1.807, 2.05) is 13.8 Å². The average molecular weight is 538 g/mol. The summed E-state index contributed by atoms with van der Waals surface area (Å²) in [5.74, 6) is -1.02. The molecule has 0 radical (unpaired) electrons. The molecule has 36 heavy (non-hydrogen) atoms. The van der Waals surface area contributed by atoms with E-state index in [1.165, 1.54) is 38.4 Å². The maximum Gasteiger partial charge on any atom is 0.295 e. The van der Waals surface area contributed by atoms with Gasteiger partial charge in [0.05, 0.1) is 49.6 Å². The molecular formula is C26H29Cl2NO7. The summed E-state index contributed by atoms with van der Waals surface area (Å²) in [6, 6.07) is 7.03. The number of carbonyl (C=O) groups is 2. The van der Waals surface area contributed by atoms with E-state index < -0.39 is 23.5 Å². The van der Waals surface area contributed by atoms with Gasteiger partial charge in [-0.1, -0.05) is 29.3 Å². The molecule has 2 aromatic carbocycles. The first kappa shape index (κ1) is 27.6. The van der Waals surface area contributed by atoms with E-state index in [1.54, 1.807) is 18.2 Å². The van der Waals surface area contributed by atoms with Crippen LogP contribution in [0.5, 0.6) is 17.2 Å². The van der Waals surface area contributed by atoms with E-state index in [4.69, 9.17) is 42.1 Å². The standard InChI is InChI=1S/C26H29Cl2NO7/c1-14(2)36-10-6-9-29-22(15-7-8-19(33-3)20(11-15)34-4)21(24(31)26(29)32)23(30)17-12-16(27)13-18(28)25(17)35-5/h7-8,11-14,22,30H,6,9-10H2,1-5H3/b23-21+. The topological polar surface area (TPSA) is 94.5 Å². The van der Waals surface area contributed by atoms with Gasteiger partial charge in [-0.25, -0.2) is 0 Å². The van der Waals surface area contributed by atoms with Crippen LogP contribution in [0.25, 0.3) is 5.76 Å². The third kappa shape index (κ3) is 5.56. The van der Waals surface area contributed by atoms with Crippen LogP contribution in [0.15, 0.2) is 35.9 Å². The van der Waals surface area contributed by atoms with Crippen LogP contribution in [0.4, 0.5) is 0 Å². The fraction of sp³-hybridized carbons (Fsp3) is 0.385. The molecule has 194 valence electrons. The zero-order valence-corrected chi connectivity index (χ0v) is 22.3. The number of benzene rings is 2. The van der Waals surface area contributed by atoms with Crippen LogP contribution in [-0.4, -0.2) is 62.3 Å². The fourth-order valence-corrected chi connectivity index (χ4v) is 4.69. The summed E-state index contributed by atoms with van der Waals surface area (Å²) in [6.07, 6.45) is 0.517. The van der Waals surface area contributed by atoms with Crippen molar-refractivity contribution in [3.63, 3.8) is 0 Å². The second kappa shape index (κ2) is 11.9. The number of hydrogen-bond acceptors (Lipinski definition) is 7.